The van der Waals surface area contributed by atoms with Gasteiger partial charge < -0.3 is 9.51 Å². The number of fused-ring (bicyclic) bond motifs is 1. The zero-order valence-corrected chi connectivity index (χ0v) is 19.1. The first-order chi connectivity index (χ1) is 13.8. The first kappa shape index (κ1) is 20.9. The maximum Gasteiger partial charge on any atom is 0.238 e. The van der Waals surface area contributed by atoms with E-state index in [2.05, 4.69) is 25.6 Å². The fraction of sp³-hybridized carbons (Fsp3) is 0.316. The van der Waals surface area contributed by atoms with Gasteiger partial charge in [-0.3, -0.25) is 4.72 Å². The van der Waals surface area contributed by atoms with Crippen molar-refractivity contribution in [3.8, 4) is 0 Å². The van der Waals surface area contributed by atoms with Crippen LogP contribution in [0.3, 0.4) is 0 Å². The highest BCUT2D eigenvalue weighted by atomic mass is 79.9. The number of imidazole rings is 1. The number of rotatable bonds is 7. The minimum atomic E-state index is -3.71. The molecule has 154 valence electrons. The molecule has 1 aliphatic carbocycles. The van der Waals surface area contributed by atoms with Crippen LogP contribution in [0, 0.1) is 0 Å². The molecular weight excluding hydrogens is 501 g/mol. The lowest BCUT2D eigenvalue weighted by molar-refractivity contribution is 0.283. The second kappa shape index (κ2) is 7.74. The van der Waals surface area contributed by atoms with Crippen LogP contribution in [0.5, 0.6) is 0 Å². The van der Waals surface area contributed by atoms with Gasteiger partial charge in [-0.2, -0.15) is 0 Å². The van der Waals surface area contributed by atoms with Crippen molar-refractivity contribution in [1.29, 1.82) is 0 Å². The zero-order valence-electron chi connectivity index (χ0n) is 15.2. The van der Waals surface area contributed by atoms with Gasteiger partial charge in [0, 0.05) is 46.7 Å². The average molecular weight is 519 g/mol. The molecule has 10 heteroatoms. The molecule has 29 heavy (non-hydrogen) atoms. The van der Waals surface area contributed by atoms with Gasteiger partial charge in [-0.15, -0.1) is 0 Å². The number of nitrogens with zero attached hydrogens (tertiary/aromatic N) is 2. The average Bonchev–Trinajstić information content (AvgIpc) is 3.30. The van der Waals surface area contributed by atoms with Gasteiger partial charge in [-0.05, 0) is 37.0 Å². The summed E-state index contributed by atoms with van der Waals surface area (Å²) in [7, 11) is -3.71. The van der Waals surface area contributed by atoms with Crippen LogP contribution in [0.25, 0.3) is 5.65 Å². The number of hydrogen-bond acceptors (Lipinski definition) is 4. The van der Waals surface area contributed by atoms with Crippen molar-refractivity contribution in [2.75, 3.05) is 11.3 Å². The second-order valence-corrected chi connectivity index (χ2v) is 10.9. The summed E-state index contributed by atoms with van der Waals surface area (Å²) in [6.45, 7) is -0.177. The van der Waals surface area contributed by atoms with Crippen LogP contribution in [0.2, 0.25) is 10.0 Å². The van der Waals surface area contributed by atoms with Crippen LogP contribution in [-0.2, 0) is 16.4 Å². The summed E-state index contributed by atoms with van der Waals surface area (Å²) in [5.41, 5.74) is 2.32. The summed E-state index contributed by atoms with van der Waals surface area (Å²) in [6.07, 6.45) is 6.56. The van der Waals surface area contributed by atoms with Gasteiger partial charge >= 0.3 is 0 Å². The molecule has 0 radical (unpaired) electrons. The Labute approximate surface area is 187 Å². The van der Waals surface area contributed by atoms with E-state index in [1.165, 1.54) is 0 Å². The highest BCUT2D eigenvalue weighted by Crippen LogP contribution is 2.47. The van der Waals surface area contributed by atoms with Crippen molar-refractivity contribution in [3.05, 3.63) is 62.4 Å². The largest absolute Gasteiger partial charge is 0.396 e. The maximum atomic E-state index is 13.1. The maximum absolute atomic E-state index is 13.1. The van der Waals surface area contributed by atoms with E-state index in [9.17, 15) is 13.5 Å². The summed E-state index contributed by atoms with van der Waals surface area (Å²) in [5.74, 6) is 0. The molecule has 2 aromatic heterocycles. The Morgan fingerprint density at radius 2 is 2.07 bits per heavy atom. The Morgan fingerprint density at radius 3 is 2.72 bits per heavy atom. The lowest BCUT2D eigenvalue weighted by atomic mass is 10.0. The van der Waals surface area contributed by atoms with Crippen molar-refractivity contribution in [1.82, 2.24) is 9.38 Å². The third kappa shape index (κ3) is 3.88. The number of nitrogens with one attached hydrogen (secondary N) is 1. The van der Waals surface area contributed by atoms with Crippen LogP contribution in [-0.4, -0.2) is 34.3 Å². The molecule has 0 unspecified atom stereocenters. The van der Waals surface area contributed by atoms with Gasteiger partial charge in [0.25, 0.3) is 0 Å². The first-order valence-electron chi connectivity index (χ1n) is 8.97. The number of pyridine rings is 1. The standard InChI is InChI=1S/C19H18BrCl2N3O3S/c20-13-2-1-12(15(21)10-13)9-14-16(11-25-7-6-23-18(25)17(14)22)24-29(27,28)19(3-4-19)5-8-26/h1-2,6-7,10-11,24,26H,3-5,8-9H2. The van der Waals surface area contributed by atoms with Crippen LogP contribution < -0.4 is 4.72 Å². The number of aliphatic hydroxyl groups is 1. The molecule has 4 rings (SSSR count). The van der Waals surface area contributed by atoms with Crippen LogP contribution in [0.4, 0.5) is 5.69 Å². The Bertz CT molecular complexity index is 1190. The van der Waals surface area contributed by atoms with Gasteiger partial charge in [-0.1, -0.05) is 45.2 Å². The second-order valence-electron chi connectivity index (χ2n) is 7.17. The van der Waals surface area contributed by atoms with E-state index in [0.29, 0.717) is 46.2 Å². The van der Waals surface area contributed by atoms with Crippen LogP contribution >= 0.6 is 39.1 Å². The molecule has 1 saturated carbocycles. The predicted octanol–water partition coefficient (Wildman–Crippen LogP) is 4.65. The Hall–Kier alpha value is -1.32. The number of aliphatic hydroxyl groups excluding tert-OH is 1. The molecule has 2 heterocycles. The van der Waals surface area contributed by atoms with E-state index >= 15 is 0 Å². The van der Waals surface area contributed by atoms with Crippen LogP contribution in [0.1, 0.15) is 30.4 Å². The van der Waals surface area contributed by atoms with E-state index < -0.39 is 14.8 Å². The minimum Gasteiger partial charge on any atom is -0.396 e. The lowest BCUT2D eigenvalue weighted by Crippen LogP contribution is -2.31. The highest BCUT2D eigenvalue weighted by molar-refractivity contribution is 9.10. The van der Waals surface area contributed by atoms with Gasteiger partial charge in [-0.25, -0.2) is 13.4 Å². The fourth-order valence-corrected chi connectivity index (χ4v) is 6.16. The number of anilines is 1. The molecule has 1 aliphatic rings. The smallest absolute Gasteiger partial charge is 0.238 e. The number of benzene rings is 1. The van der Waals surface area contributed by atoms with Crippen molar-refractivity contribution >= 4 is 60.5 Å². The van der Waals surface area contributed by atoms with Gasteiger partial charge in [0.15, 0.2) is 5.65 Å². The third-order valence-corrected chi connectivity index (χ3v) is 8.78. The predicted molar refractivity (Wildman–Crippen MR) is 118 cm³/mol. The Morgan fingerprint density at radius 1 is 1.31 bits per heavy atom. The number of sulfonamides is 1. The molecule has 0 aliphatic heterocycles. The summed E-state index contributed by atoms with van der Waals surface area (Å²) >= 11 is 16.4. The van der Waals surface area contributed by atoms with E-state index in [-0.39, 0.29) is 13.0 Å². The normalized spacial score (nSPS) is 15.6. The molecule has 0 atom stereocenters. The molecule has 6 nitrogen and oxygen atoms in total. The van der Waals surface area contributed by atoms with E-state index in [1.54, 1.807) is 29.1 Å². The first-order valence-corrected chi connectivity index (χ1v) is 12.0. The molecule has 1 fully saturated rings. The SMILES string of the molecule is O=S(=O)(Nc1cn2ccnc2c(Cl)c1Cc1ccc(Br)cc1Cl)C1(CCO)CC1. The van der Waals surface area contributed by atoms with Gasteiger partial charge in [0.1, 0.15) is 0 Å². The van der Waals surface area contributed by atoms with Crippen LogP contribution in [0.15, 0.2) is 41.3 Å². The number of halogens is 3. The lowest BCUT2D eigenvalue weighted by Gasteiger charge is -2.20. The monoisotopic (exact) mass is 517 g/mol. The molecule has 2 N–H and O–H groups in total. The van der Waals surface area contributed by atoms with Crippen molar-refractivity contribution < 1.29 is 13.5 Å². The van der Waals surface area contributed by atoms with Crippen molar-refractivity contribution in [3.63, 3.8) is 0 Å². The van der Waals surface area contributed by atoms with Gasteiger partial charge in [0.2, 0.25) is 10.0 Å². The molecule has 0 amide bonds. The third-order valence-electron chi connectivity index (χ3n) is 5.30. The molecule has 0 saturated heterocycles. The summed E-state index contributed by atoms with van der Waals surface area (Å²) in [5, 5.41) is 10.2. The van der Waals surface area contributed by atoms with E-state index in [0.717, 1.165) is 10.0 Å². The molecule has 3 aromatic rings. The Balaban J connectivity index is 1.79. The molecule has 0 spiro atoms. The Kier molecular flexibility index (Phi) is 5.59. The minimum absolute atomic E-state index is 0.177. The molecule has 0 bridgehead atoms. The fourth-order valence-electron chi connectivity index (χ4n) is 3.42. The topological polar surface area (TPSA) is 83.7 Å². The van der Waals surface area contributed by atoms with Crippen molar-refractivity contribution in [2.45, 2.75) is 30.4 Å². The summed E-state index contributed by atoms with van der Waals surface area (Å²) < 4.78 is 30.4. The summed E-state index contributed by atoms with van der Waals surface area (Å²) in [6, 6.07) is 5.52. The summed E-state index contributed by atoms with van der Waals surface area (Å²) in [4.78, 5) is 4.27. The quantitative estimate of drug-likeness (QED) is 0.476. The molecular formula is C19H18BrCl2N3O3S. The van der Waals surface area contributed by atoms with Gasteiger partial charge in [0.05, 0.1) is 15.5 Å². The highest BCUT2D eigenvalue weighted by Gasteiger charge is 2.54. The van der Waals surface area contributed by atoms with Crippen molar-refractivity contribution in [2.24, 2.45) is 0 Å². The number of aromatic nitrogens is 2. The zero-order chi connectivity index (χ0) is 20.8. The number of hydrogen-bond donors (Lipinski definition) is 2. The van der Waals surface area contributed by atoms with E-state index in [4.69, 9.17) is 23.2 Å². The van der Waals surface area contributed by atoms with E-state index in [1.807, 2.05) is 12.1 Å². The molecule has 1 aromatic carbocycles.